The Morgan fingerprint density at radius 2 is 2.20 bits per heavy atom. The highest BCUT2D eigenvalue weighted by molar-refractivity contribution is 4.86. The number of rotatable bonds is 0. The Kier molecular flexibility index (Phi) is 1.38. The highest BCUT2D eigenvalue weighted by Gasteiger charge is 2.35. The van der Waals surface area contributed by atoms with E-state index in [0.717, 1.165) is 11.0 Å². The van der Waals surface area contributed by atoms with Crippen molar-refractivity contribution >= 4 is 0 Å². The molecule has 6 heteroatoms. The van der Waals surface area contributed by atoms with Gasteiger partial charge in [0.05, 0.1) is 0 Å². The predicted molar refractivity (Wildman–Crippen MR) is 28.1 cm³/mol. The van der Waals surface area contributed by atoms with Crippen LogP contribution in [0, 0.1) is 0 Å². The van der Waals surface area contributed by atoms with E-state index in [1.165, 1.54) is 7.05 Å². The first-order valence-corrected chi connectivity index (χ1v) is 2.43. The first-order chi connectivity index (χ1) is 4.50. The minimum absolute atomic E-state index is 0. The molecular formula is C4H6F3N3. The summed E-state index contributed by atoms with van der Waals surface area (Å²) in [6.07, 6.45) is -3.43. The van der Waals surface area contributed by atoms with Crippen LogP contribution < -0.4 is 0 Å². The second kappa shape index (κ2) is 1.96. The van der Waals surface area contributed by atoms with E-state index in [1.54, 1.807) is 0 Å². The number of alkyl halides is 3. The van der Waals surface area contributed by atoms with Crippen LogP contribution in [0.3, 0.4) is 0 Å². The van der Waals surface area contributed by atoms with Crippen molar-refractivity contribution in [1.29, 1.82) is 0 Å². The highest BCUT2D eigenvalue weighted by atomic mass is 19.4. The summed E-state index contributed by atoms with van der Waals surface area (Å²) in [6.45, 7) is 0. The van der Waals surface area contributed by atoms with Crippen LogP contribution in [0.4, 0.5) is 13.2 Å². The van der Waals surface area contributed by atoms with Crippen LogP contribution in [-0.4, -0.2) is 14.8 Å². The van der Waals surface area contributed by atoms with Crippen LogP contribution in [0.2, 0.25) is 0 Å². The average molecular weight is 153 g/mol. The Morgan fingerprint density at radius 1 is 1.60 bits per heavy atom. The monoisotopic (exact) mass is 153 g/mol. The van der Waals surface area contributed by atoms with Gasteiger partial charge in [0.1, 0.15) is 6.33 Å². The smallest absolute Gasteiger partial charge is 0.255 e. The van der Waals surface area contributed by atoms with E-state index in [0.29, 0.717) is 0 Å². The average Bonchev–Trinajstić information content (AvgIpc) is 2.11. The van der Waals surface area contributed by atoms with Crippen LogP contribution >= 0.6 is 0 Å². The Hall–Kier alpha value is -1.07. The Morgan fingerprint density at radius 3 is 2.40 bits per heavy atom. The van der Waals surface area contributed by atoms with E-state index >= 15 is 0 Å². The van der Waals surface area contributed by atoms with Crippen LogP contribution in [0.5, 0.6) is 0 Å². The van der Waals surface area contributed by atoms with Gasteiger partial charge in [-0.1, -0.05) is 0 Å². The van der Waals surface area contributed by atoms with Gasteiger partial charge in [-0.3, -0.25) is 4.68 Å². The van der Waals surface area contributed by atoms with Crippen LogP contribution in [0.25, 0.3) is 0 Å². The van der Waals surface area contributed by atoms with Crippen molar-refractivity contribution < 1.29 is 14.6 Å². The van der Waals surface area contributed by atoms with Crippen molar-refractivity contribution in [3.8, 4) is 0 Å². The van der Waals surface area contributed by atoms with Crippen molar-refractivity contribution in [2.45, 2.75) is 6.18 Å². The van der Waals surface area contributed by atoms with Gasteiger partial charge >= 0.3 is 6.18 Å². The number of aryl methyl sites for hydroxylation is 1. The van der Waals surface area contributed by atoms with Crippen LogP contribution in [0.15, 0.2) is 6.33 Å². The molecule has 0 radical (unpaired) electrons. The lowest BCUT2D eigenvalue weighted by Gasteiger charge is -1.97. The quantitative estimate of drug-likeness (QED) is 0.558. The summed E-state index contributed by atoms with van der Waals surface area (Å²) in [5, 5.41) is 3.06. The van der Waals surface area contributed by atoms with E-state index in [4.69, 9.17) is 0 Å². The van der Waals surface area contributed by atoms with E-state index in [9.17, 15) is 13.2 Å². The van der Waals surface area contributed by atoms with Gasteiger partial charge < -0.3 is 0 Å². The molecular weight excluding hydrogens is 147 g/mol. The molecule has 0 amide bonds. The minimum atomic E-state index is -4.43. The van der Waals surface area contributed by atoms with Gasteiger partial charge in [0.15, 0.2) is 0 Å². The summed E-state index contributed by atoms with van der Waals surface area (Å²) in [4.78, 5) is 3.01. The van der Waals surface area contributed by atoms with E-state index in [-0.39, 0.29) is 1.43 Å². The van der Waals surface area contributed by atoms with Crippen molar-refractivity contribution in [1.82, 2.24) is 14.8 Å². The number of halogens is 3. The maximum Gasteiger partial charge on any atom is 0.453 e. The van der Waals surface area contributed by atoms with Crippen LogP contribution in [0.1, 0.15) is 7.25 Å². The molecule has 0 spiro atoms. The summed E-state index contributed by atoms with van der Waals surface area (Å²) < 4.78 is 36.0. The molecule has 1 aromatic rings. The molecule has 1 rings (SSSR count). The standard InChI is InChI=1S/C4H4F3N3.H2/c1-10-2-8-3(9-10)4(5,6)7;/h2H,1H3;1H. The largest absolute Gasteiger partial charge is 0.453 e. The fraction of sp³-hybridized carbons (Fsp3) is 0.500. The molecule has 1 aromatic heterocycles. The summed E-state index contributed by atoms with van der Waals surface area (Å²) in [5.74, 6) is -1.10. The molecule has 3 nitrogen and oxygen atoms in total. The molecule has 0 aliphatic rings. The normalized spacial score (nSPS) is 12.0. The van der Waals surface area contributed by atoms with E-state index in [2.05, 4.69) is 10.1 Å². The van der Waals surface area contributed by atoms with Gasteiger partial charge in [-0.2, -0.15) is 13.2 Å². The molecule has 0 aliphatic heterocycles. The first kappa shape index (κ1) is 7.04. The molecule has 0 bridgehead atoms. The summed E-state index contributed by atoms with van der Waals surface area (Å²) in [5.41, 5.74) is 0. The Bertz CT molecular complexity index is 231. The van der Waals surface area contributed by atoms with Crippen molar-refractivity contribution in [2.75, 3.05) is 0 Å². The van der Waals surface area contributed by atoms with Gasteiger partial charge in [0.2, 0.25) is 0 Å². The molecule has 10 heavy (non-hydrogen) atoms. The highest BCUT2D eigenvalue weighted by Crippen LogP contribution is 2.24. The van der Waals surface area contributed by atoms with E-state index in [1.807, 2.05) is 0 Å². The van der Waals surface area contributed by atoms with Gasteiger partial charge in [0.25, 0.3) is 5.82 Å². The summed E-state index contributed by atoms with van der Waals surface area (Å²) in [6, 6.07) is 0. The third kappa shape index (κ3) is 1.26. The third-order valence-corrected chi connectivity index (χ3v) is 0.853. The number of hydrogen-bond donors (Lipinski definition) is 0. The predicted octanol–water partition coefficient (Wildman–Crippen LogP) is 1.08. The second-order valence-electron chi connectivity index (χ2n) is 1.74. The van der Waals surface area contributed by atoms with Crippen LogP contribution in [-0.2, 0) is 13.2 Å². The lowest BCUT2D eigenvalue weighted by atomic mass is 10.6. The summed E-state index contributed by atoms with van der Waals surface area (Å²) >= 11 is 0. The van der Waals surface area contributed by atoms with Gasteiger partial charge in [-0.25, -0.2) is 4.98 Å². The van der Waals surface area contributed by atoms with Gasteiger partial charge in [-0.15, -0.1) is 5.10 Å². The SMILES string of the molecule is Cn1cnc(C(F)(F)F)n1.[HH]. The van der Waals surface area contributed by atoms with Gasteiger partial charge in [-0.05, 0) is 0 Å². The molecule has 0 unspecified atom stereocenters. The zero-order valence-corrected chi connectivity index (χ0v) is 5.05. The molecule has 58 valence electrons. The minimum Gasteiger partial charge on any atom is -0.255 e. The lowest BCUT2D eigenvalue weighted by molar-refractivity contribution is -0.144. The molecule has 0 aromatic carbocycles. The third-order valence-electron chi connectivity index (χ3n) is 0.853. The van der Waals surface area contributed by atoms with Crippen molar-refractivity contribution in [3.05, 3.63) is 12.2 Å². The zero-order valence-electron chi connectivity index (χ0n) is 5.05. The van der Waals surface area contributed by atoms with Crippen molar-refractivity contribution in [3.63, 3.8) is 0 Å². The topological polar surface area (TPSA) is 30.7 Å². The Balaban J connectivity index is 0.000001000. The fourth-order valence-corrected chi connectivity index (χ4v) is 0.469. The maximum atomic E-state index is 11.7. The molecule has 1 heterocycles. The second-order valence-corrected chi connectivity index (χ2v) is 1.74. The number of nitrogens with zero attached hydrogens (tertiary/aromatic N) is 3. The molecule has 0 N–H and O–H groups in total. The first-order valence-electron chi connectivity index (χ1n) is 2.43. The number of aromatic nitrogens is 3. The molecule has 0 saturated heterocycles. The molecule has 0 atom stereocenters. The summed E-state index contributed by atoms with van der Waals surface area (Å²) in [7, 11) is 1.38. The van der Waals surface area contributed by atoms with E-state index < -0.39 is 12.0 Å². The molecule has 0 saturated carbocycles. The fourth-order valence-electron chi connectivity index (χ4n) is 0.469. The van der Waals surface area contributed by atoms with Gasteiger partial charge in [0, 0.05) is 8.47 Å². The van der Waals surface area contributed by atoms with Crippen molar-refractivity contribution in [2.24, 2.45) is 7.05 Å². The molecule has 0 fully saturated rings. The maximum absolute atomic E-state index is 11.7. The lowest BCUT2D eigenvalue weighted by Crippen LogP contribution is -2.08. The molecule has 0 aliphatic carbocycles. The Labute approximate surface area is 56.0 Å². The zero-order chi connectivity index (χ0) is 7.78. The number of hydrogen-bond acceptors (Lipinski definition) is 2.